The average Bonchev–Trinajstić information content (AvgIpc) is 2.61. The smallest absolute Gasteiger partial charge is 0.221 e. The number of likely N-dealkylation sites (tertiary alicyclic amines) is 1. The molecule has 0 aromatic heterocycles. The van der Waals surface area contributed by atoms with Gasteiger partial charge in [0.2, 0.25) is 5.91 Å². The Morgan fingerprint density at radius 1 is 1.62 bits per heavy atom. The number of hydrogen-bond donors (Lipinski definition) is 2. The van der Waals surface area contributed by atoms with E-state index in [0.29, 0.717) is 11.4 Å². The summed E-state index contributed by atoms with van der Waals surface area (Å²) in [6, 6.07) is 0.402. The first-order valence-electron chi connectivity index (χ1n) is 5.83. The summed E-state index contributed by atoms with van der Waals surface area (Å²) in [6.45, 7) is 5.68. The monoisotopic (exact) mass is 243 g/mol. The lowest BCUT2D eigenvalue weighted by molar-refractivity contribution is -0.121. The molecule has 0 saturated carbocycles. The fourth-order valence-corrected chi connectivity index (χ4v) is 2.32. The molecule has 1 aliphatic rings. The van der Waals surface area contributed by atoms with Crippen molar-refractivity contribution in [1.29, 1.82) is 0 Å². The molecule has 4 nitrogen and oxygen atoms in total. The minimum absolute atomic E-state index is 0.101. The number of nitrogens with two attached hydrogens (primary N) is 1. The zero-order valence-corrected chi connectivity index (χ0v) is 10.8. The number of thiocarbonyl (C=S) groups is 1. The molecule has 3 N–H and O–H groups in total. The van der Waals surface area contributed by atoms with Gasteiger partial charge < -0.3 is 11.1 Å². The van der Waals surface area contributed by atoms with Crippen LogP contribution in [0.2, 0.25) is 0 Å². The maximum Gasteiger partial charge on any atom is 0.221 e. The van der Waals surface area contributed by atoms with Crippen LogP contribution in [0.5, 0.6) is 0 Å². The standard InChI is InChI=1S/C11H21N3OS/c1-8(2)13-10(15)5-7-14-6-3-4-9(14)11(12)16/h8-9H,3-7H2,1-2H3,(H2,12,16)(H,13,15). The molecule has 1 amide bonds. The van der Waals surface area contributed by atoms with Crippen LogP contribution in [0.15, 0.2) is 0 Å². The average molecular weight is 243 g/mol. The summed E-state index contributed by atoms with van der Waals surface area (Å²) in [5.41, 5.74) is 5.66. The molecule has 5 heteroatoms. The van der Waals surface area contributed by atoms with Crippen molar-refractivity contribution in [1.82, 2.24) is 10.2 Å². The molecular weight excluding hydrogens is 222 g/mol. The lowest BCUT2D eigenvalue weighted by Crippen LogP contribution is -2.41. The van der Waals surface area contributed by atoms with Gasteiger partial charge in [0.05, 0.1) is 11.0 Å². The van der Waals surface area contributed by atoms with Gasteiger partial charge in [-0.2, -0.15) is 0 Å². The third kappa shape index (κ3) is 4.06. The molecule has 1 aliphatic heterocycles. The van der Waals surface area contributed by atoms with Crippen LogP contribution in [-0.2, 0) is 4.79 Å². The van der Waals surface area contributed by atoms with E-state index in [1.54, 1.807) is 0 Å². The minimum Gasteiger partial charge on any atom is -0.392 e. The van der Waals surface area contributed by atoms with Gasteiger partial charge in [-0.05, 0) is 33.2 Å². The molecular formula is C11H21N3OS. The molecule has 0 spiro atoms. The first-order valence-corrected chi connectivity index (χ1v) is 6.24. The Morgan fingerprint density at radius 2 is 2.31 bits per heavy atom. The zero-order chi connectivity index (χ0) is 12.1. The fraction of sp³-hybridized carbons (Fsp3) is 0.818. The second kappa shape index (κ2) is 6.15. The molecule has 1 fully saturated rings. The lowest BCUT2D eigenvalue weighted by Gasteiger charge is -2.23. The molecule has 1 atom stereocenters. The van der Waals surface area contributed by atoms with Crippen molar-refractivity contribution >= 4 is 23.1 Å². The van der Waals surface area contributed by atoms with E-state index in [4.69, 9.17) is 18.0 Å². The van der Waals surface area contributed by atoms with Gasteiger partial charge in [-0.25, -0.2) is 0 Å². The molecule has 1 unspecified atom stereocenters. The Balaban J connectivity index is 2.31. The predicted molar refractivity (Wildman–Crippen MR) is 69.3 cm³/mol. The predicted octanol–water partition coefficient (Wildman–Crippen LogP) is 0.652. The Bertz CT molecular complexity index is 268. The first kappa shape index (κ1) is 13.4. The van der Waals surface area contributed by atoms with E-state index in [2.05, 4.69) is 10.2 Å². The maximum atomic E-state index is 11.5. The Kier molecular flexibility index (Phi) is 5.15. The van der Waals surface area contributed by atoms with E-state index in [0.717, 1.165) is 25.9 Å². The van der Waals surface area contributed by atoms with Gasteiger partial charge in [-0.15, -0.1) is 0 Å². The number of rotatable bonds is 5. The number of amides is 1. The van der Waals surface area contributed by atoms with Gasteiger partial charge >= 0.3 is 0 Å². The van der Waals surface area contributed by atoms with Crippen LogP contribution in [0.3, 0.4) is 0 Å². The lowest BCUT2D eigenvalue weighted by atomic mass is 10.2. The summed E-state index contributed by atoms with van der Waals surface area (Å²) in [5.74, 6) is 0.101. The number of hydrogen-bond acceptors (Lipinski definition) is 3. The highest BCUT2D eigenvalue weighted by Crippen LogP contribution is 2.17. The first-order chi connectivity index (χ1) is 7.50. The van der Waals surface area contributed by atoms with Crippen molar-refractivity contribution in [3.05, 3.63) is 0 Å². The highest BCUT2D eigenvalue weighted by molar-refractivity contribution is 7.80. The molecule has 1 saturated heterocycles. The van der Waals surface area contributed by atoms with Crippen molar-refractivity contribution in [2.24, 2.45) is 5.73 Å². The second-order valence-corrected chi connectivity index (χ2v) is 5.04. The van der Waals surface area contributed by atoms with Gasteiger partial charge in [0.1, 0.15) is 0 Å². The van der Waals surface area contributed by atoms with Crippen LogP contribution in [-0.4, -0.2) is 41.0 Å². The van der Waals surface area contributed by atoms with E-state index < -0.39 is 0 Å². The van der Waals surface area contributed by atoms with Gasteiger partial charge in [0.15, 0.2) is 0 Å². The molecule has 1 rings (SSSR count). The Labute approximate surface area is 103 Å². The summed E-state index contributed by atoms with van der Waals surface area (Å²) in [4.78, 5) is 14.3. The normalized spacial score (nSPS) is 21.3. The third-order valence-corrected chi connectivity index (χ3v) is 3.04. The third-order valence-electron chi connectivity index (χ3n) is 2.77. The Morgan fingerprint density at radius 3 is 2.88 bits per heavy atom. The zero-order valence-electron chi connectivity index (χ0n) is 10.0. The van der Waals surface area contributed by atoms with Crippen LogP contribution >= 0.6 is 12.2 Å². The van der Waals surface area contributed by atoms with Gasteiger partial charge in [0.25, 0.3) is 0 Å². The summed E-state index contributed by atoms with van der Waals surface area (Å²) in [7, 11) is 0. The summed E-state index contributed by atoms with van der Waals surface area (Å²) in [6.07, 6.45) is 2.67. The molecule has 0 radical (unpaired) electrons. The van der Waals surface area contributed by atoms with E-state index >= 15 is 0 Å². The highest BCUT2D eigenvalue weighted by Gasteiger charge is 2.26. The van der Waals surface area contributed by atoms with Crippen molar-refractivity contribution < 1.29 is 4.79 Å². The largest absolute Gasteiger partial charge is 0.392 e. The van der Waals surface area contributed by atoms with Gasteiger partial charge in [-0.1, -0.05) is 12.2 Å². The molecule has 16 heavy (non-hydrogen) atoms. The van der Waals surface area contributed by atoms with Gasteiger partial charge in [-0.3, -0.25) is 9.69 Å². The van der Waals surface area contributed by atoms with Crippen LogP contribution in [0.25, 0.3) is 0 Å². The number of nitrogens with one attached hydrogen (secondary N) is 1. The van der Waals surface area contributed by atoms with Crippen molar-refractivity contribution in [2.45, 2.75) is 45.2 Å². The van der Waals surface area contributed by atoms with Crippen molar-refractivity contribution in [2.75, 3.05) is 13.1 Å². The molecule has 0 aliphatic carbocycles. The van der Waals surface area contributed by atoms with Crippen LogP contribution < -0.4 is 11.1 Å². The quantitative estimate of drug-likeness (QED) is 0.696. The SMILES string of the molecule is CC(C)NC(=O)CCN1CCCC1C(N)=S. The molecule has 92 valence electrons. The molecule has 1 heterocycles. The van der Waals surface area contributed by atoms with Crippen molar-refractivity contribution in [3.63, 3.8) is 0 Å². The van der Waals surface area contributed by atoms with E-state index in [1.165, 1.54) is 0 Å². The number of carbonyl (C=O) groups excluding carboxylic acids is 1. The number of nitrogens with zero attached hydrogens (tertiary/aromatic N) is 1. The molecule has 0 aromatic rings. The van der Waals surface area contributed by atoms with Crippen LogP contribution in [0, 0.1) is 0 Å². The topological polar surface area (TPSA) is 58.4 Å². The summed E-state index contributed by atoms with van der Waals surface area (Å²) < 4.78 is 0. The van der Waals surface area contributed by atoms with E-state index in [9.17, 15) is 4.79 Å². The second-order valence-electron chi connectivity index (χ2n) is 4.57. The minimum atomic E-state index is 0.101. The van der Waals surface area contributed by atoms with Crippen LogP contribution in [0.1, 0.15) is 33.1 Å². The summed E-state index contributed by atoms with van der Waals surface area (Å²) >= 11 is 5.02. The molecule has 0 bridgehead atoms. The highest BCUT2D eigenvalue weighted by atomic mass is 32.1. The summed E-state index contributed by atoms with van der Waals surface area (Å²) in [5, 5.41) is 2.88. The molecule has 0 aromatic carbocycles. The fourth-order valence-electron chi connectivity index (χ4n) is 2.06. The van der Waals surface area contributed by atoms with Gasteiger partial charge in [0, 0.05) is 19.0 Å². The van der Waals surface area contributed by atoms with Crippen molar-refractivity contribution in [3.8, 4) is 0 Å². The van der Waals surface area contributed by atoms with E-state index in [-0.39, 0.29) is 18.0 Å². The maximum absolute atomic E-state index is 11.5. The van der Waals surface area contributed by atoms with E-state index in [1.807, 2.05) is 13.8 Å². The van der Waals surface area contributed by atoms with Crippen LogP contribution in [0.4, 0.5) is 0 Å². The number of carbonyl (C=O) groups is 1. The Hall–Kier alpha value is -0.680.